The minimum atomic E-state index is -0.489. The van der Waals surface area contributed by atoms with Gasteiger partial charge in [0.1, 0.15) is 5.78 Å². The van der Waals surface area contributed by atoms with Crippen LogP contribution in [0.2, 0.25) is 0 Å². The van der Waals surface area contributed by atoms with Gasteiger partial charge in [0, 0.05) is 25.6 Å². The van der Waals surface area contributed by atoms with Crippen LogP contribution in [-0.4, -0.2) is 18.7 Å². The van der Waals surface area contributed by atoms with Crippen LogP contribution in [-0.2, 0) is 15.0 Å². The fraction of sp³-hybridized carbons (Fsp3) is 0.583. The lowest BCUT2D eigenvalue weighted by Gasteiger charge is -2.23. The maximum Gasteiger partial charge on any atom is 0.237 e. The molecular weight excluding hydrogens is 334 g/mol. The van der Waals surface area contributed by atoms with Crippen LogP contribution in [0.1, 0.15) is 83.1 Å². The average molecular weight is 370 g/mol. The number of Topliss-reactive ketones (excluding diaryl/α,β-unsaturated/α-hetero) is 1. The van der Waals surface area contributed by atoms with Gasteiger partial charge in [-0.25, -0.2) is 0 Å². The molecule has 1 aromatic carbocycles. The molecule has 1 unspecified atom stereocenters. The van der Waals surface area contributed by atoms with Gasteiger partial charge in [-0.1, -0.05) is 50.0 Å². The highest BCUT2D eigenvalue weighted by atomic mass is 16.2. The Morgan fingerprint density at radius 2 is 1.67 bits per heavy atom. The first-order valence-corrected chi connectivity index (χ1v) is 10.5. The molecule has 2 rings (SSSR count). The molecule has 0 spiro atoms. The summed E-state index contributed by atoms with van der Waals surface area (Å²) in [6, 6.07) is 8.01. The van der Waals surface area contributed by atoms with E-state index >= 15 is 0 Å². The van der Waals surface area contributed by atoms with Gasteiger partial charge in [0.2, 0.25) is 5.91 Å². The Hall–Kier alpha value is -1.90. The number of unbranched alkanes of at least 4 members (excludes halogenated alkanes) is 6. The molecule has 3 nitrogen and oxygen atoms in total. The summed E-state index contributed by atoms with van der Waals surface area (Å²) in [5.74, 6) is 0.491. The van der Waals surface area contributed by atoms with Crippen molar-refractivity contribution in [3.05, 3.63) is 42.5 Å². The zero-order valence-corrected chi connectivity index (χ0v) is 17.1. The van der Waals surface area contributed by atoms with Crippen LogP contribution in [0.3, 0.4) is 0 Å². The van der Waals surface area contributed by atoms with Gasteiger partial charge in [-0.2, -0.15) is 0 Å². The molecule has 0 bridgehead atoms. The highest BCUT2D eigenvalue weighted by Crippen LogP contribution is 2.43. The van der Waals surface area contributed by atoms with E-state index in [9.17, 15) is 9.59 Å². The SMILES string of the molecule is C=CCCCCCCCCC(=O)CCCC1(C)C(=O)N(C)c2ccccc21. The summed E-state index contributed by atoms with van der Waals surface area (Å²) in [5, 5.41) is 0. The molecule has 27 heavy (non-hydrogen) atoms. The molecule has 0 N–H and O–H groups in total. The Morgan fingerprint density at radius 3 is 2.41 bits per heavy atom. The maximum absolute atomic E-state index is 12.7. The summed E-state index contributed by atoms with van der Waals surface area (Å²) in [4.78, 5) is 26.7. The van der Waals surface area contributed by atoms with Gasteiger partial charge in [-0.05, 0) is 50.7 Å². The quantitative estimate of drug-likeness (QED) is 0.317. The molecule has 3 heteroatoms. The van der Waals surface area contributed by atoms with Crippen LogP contribution in [0, 0.1) is 0 Å². The van der Waals surface area contributed by atoms with Crippen molar-refractivity contribution < 1.29 is 9.59 Å². The van der Waals surface area contributed by atoms with Gasteiger partial charge in [0.25, 0.3) is 0 Å². The molecule has 148 valence electrons. The third-order valence-electron chi connectivity index (χ3n) is 5.88. The van der Waals surface area contributed by atoms with Gasteiger partial charge in [-0.3, -0.25) is 9.59 Å². The zero-order valence-electron chi connectivity index (χ0n) is 17.1. The summed E-state index contributed by atoms with van der Waals surface area (Å²) in [5.41, 5.74) is 1.61. The number of carbonyl (C=O) groups excluding carboxylic acids is 2. The standard InChI is InChI=1S/C24H35NO2/c1-4-5-6-7-8-9-10-11-15-20(26)16-14-19-24(2)21-17-12-13-18-22(21)25(3)23(24)27/h4,12-13,17-18H,1,5-11,14-16,19H2,2-3H3. The second-order valence-corrected chi connectivity index (χ2v) is 8.05. The van der Waals surface area contributed by atoms with E-state index in [0.29, 0.717) is 18.6 Å². The van der Waals surface area contributed by atoms with Crippen LogP contribution in [0.25, 0.3) is 0 Å². The summed E-state index contributed by atoms with van der Waals surface area (Å²) in [7, 11) is 1.84. The van der Waals surface area contributed by atoms with Crippen LogP contribution in [0.4, 0.5) is 5.69 Å². The number of carbonyl (C=O) groups is 2. The zero-order chi connectivity index (χ0) is 19.7. The van der Waals surface area contributed by atoms with Crippen LogP contribution in [0.5, 0.6) is 0 Å². The third-order valence-corrected chi connectivity index (χ3v) is 5.88. The number of rotatable bonds is 13. The number of nitrogens with zero attached hydrogens (tertiary/aromatic N) is 1. The van der Waals surface area contributed by atoms with Crippen molar-refractivity contribution in [2.45, 2.75) is 83.0 Å². The number of fused-ring (bicyclic) bond motifs is 1. The van der Waals surface area contributed by atoms with Gasteiger partial charge < -0.3 is 4.90 Å². The maximum atomic E-state index is 12.7. The fourth-order valence-corrected chi connectivity index (χ4v) is 4.15. The molecule has 0 saturated carbocycles. The van der Waals surface area contributed by atoms with E-state index in [0.717, 1.165) is 43.4 Å². The number of ketones is 1. The Kier molecular flexibility index (Phi) is 8.27. The average Bonchev–Trinajstić information content (AvgIpc) is 2.86. The van der Waals surface area contributed by atoms with Gasteiger partial charge >= 0.3 is 0 Å². The Labute approximate surface area is 164 Å². The van der Waals surface area contributed by atoms with E-state index in [1.807, 2.05) is 44.3 Å². The first-order valence-electron chi connectivity index (χ1n) is 10.5. The van der Waals surface area contributed by atoms with Crippen molar-refractivity contribution in [1.82, 2.24) is 0 Å². The molecule has 1 amide bonds. The number of hydrogen-bond donors (Lipinski definition) is 0. The van der Waals surface area contributed by atoms with E-state index in [2.05, 4.69) is 6.58 Å². The molecular formula is C24H35NO2. The Balaban J connectivity index is 1.66. The molecule has 0 aliphatic carbocycles. The van der Waals surface area contributed by atoms with Gasteiger partial charge in [-0.15, -0.1) is 6.58 Å². The van der Waals surface area contributed by atoms with E-state index in [-0.39, 0.29) is 5.91 Å². The van der Waals surface area contributed by atoms with Gasteiger partial charge in [0.05, 0.1) is 5.41 Å². The second-order valence-electron chi connectivity index (χ2n) is 8.05. The molecule has 1 heterocycles. The summed E-state index contributed by atoms with van der Waals surface area (Å²) in [6.45, 7) is 5.76. The molecule has 1 aliphatic heterocycles. The smallest absolute Gasteiger partial charge is 0.237 e. The van der Waals surface area contributed by atoms with E-state index in [1.54, 1.807) is 4.90 Å². The predicted octanol–water partition coefficient (Wildman–Crippen LogP) is 5.97. The van der Waals surface area contributed by atoms with Crippen LogP contribution in [0.15, 0.2) is 36.9 Å². The molecule has 0 radical (unpaired) electrons. The first-order chi connectivity index (χ1) is 13.0. The molecule has 1 atom stereocenters. The lowest BCUT2D eigenvalue weighted by atomic mass is 9.79. The van der Waals surface area contributed by atoms with Gasteiger partial charge in [0.15, 0.2) is 0 Å². The number of likely N-dealkylation sites (N-methyl/N-ethyl adjacent to an activating group) is 1. The lowest BCUT2D eigenvalue weighted by molar-refractivity contribution is -0.123. The highest BCUT2D eigenvalue weighted by Gasteiger charge is 2.45. The third kappa shape index (κ3) is 5.54. The molecule has 0 aromatic heterocycles. The summed E-state index contributed by atoms with van der Waals surface area (Å²) >= 11 is 0. The van der Waals surface area contributed by atoms with Crippen molar-refractivity contribution in [2.24, 2.45) is 0 Å². The Morgan fingerprint density at radius 1 is 1.04 bits per heavy atom. The number of amides is 1. The largest absolute Gasteiger partial charge is 0.314 e. The van der Waals surface area contributed by atoms with E-state index < -0.39 is 5.41 Å². The minimum absolute atomic E-state index is 0.146. The number of allylic oxidation sites excluding steroid dienone is 1. The number of anilines is 1. The lowest BCUT2D eigenvalue weighted by Crippen LogP contribution is -2.36. The second kappa shape index (κ2) is 10.4. The molecule has 1 aromatic rings. The van der Waals surface area contributed by atoms with Crippen LogP contribution < -0.4 is 4.90 Å². The number of para-hydroxylation sites is 1. The number of benzene rings is 1. The summed E-state index contributed by atoms with van der Waals surface area (Å²) in [6.07, 6.45) is 13.0. The summed E-state index contributed by atoms with van der Waals surface area (Å²) < 4.78 is 0. The molecule has 0 fully saturated rings. The van der Waals surface area contributed by atoms with Crippen LogP contribution >= 0.6 is 0 Å². The number of hydrogen-bond acceptors (Lipinski definition) is 2. The topological polar surface area (TPSA) is 37.4 Å². The molecule has 1 aliphatic rings. The van der Waals surface area contributed by atoms with Crippen molar-refractivity contribution in [3.8, 4) is 0 Å². The monoisotopic (exact) mass is 369 g/mol. The Bertz CT molecular complexity index is 652. The fourth-order valence-electron chi connectivity index (χ4n) is 4.15. The predicted molar refractivity (Wildman–Crippen MR) is 113 cm³/mol. The van der Waals surface area contributed by atoms with Crippen molar-refractivity contribution in [3.63, 3.8) is 0 Å². The van der Waals surface area contributed by atoms with Crippen molar-refractivity contribution in [2.75, 3.05) is 11.9 Å². The van der Waals surface area contributed by atoms with Crippen molar-refractivity contribution in [1.29, 1.82) is 0 Å². The highest BCUT2D eigenvalue weighted by molar-refractivity contribution is 6.07. The van der Waals surface area contributed by atoms with Crippen molar-refractivity contribution >= 4 is 17.4 Å². The normalized spacial score (nSPS) is 18.6. The van der Waals surface area contributed by atoms with E-state index in [4.69, 9.17) is 0 Å². The minimum Gasteiger partial charge on any atom is -0.314 e. The van der Waals surface area contributed by atoms with E-state index in [1.165, 1.54) is 25.7 Å². The first kappa shape index (κ1) is 21.4. The molecule has 0 saturated heterocycles.